The average molecular weight is 332 g/mol. The molecule has 2 aliphatic rings. The minimum absolute atomic E-state index is 0.195. The van der Waals surface area contributed by atoms with E-state index in [0.29, 0.717) is 5.92 Å². The normalized spacial score (nSPS) is 28.2. The van der Waals surface area contributed by atoms with Crippen LogP contribution >= 0.6 is 0 Å². The number of hydrogen-bond acceptors (Lipinski definition) is 3. The van der Waals surface area contributed by atoms with Crippen LogP contribution in [0.5, 0.6) is 0 Å². The Bertz CT molecular complexity index is 808. The number of aryl methyl sites for hydroxylation is 1. The van der Waals surface area contributed by atoms with Crippen LogP contribution in [-0.4, -0.2) is 28.8 Å². The molecular formula is C22H24N2O. The number of rotatable bonds is 1. The summed E-state index contributed by atoms with van der Waals surface area (Å²) in [6.45, 7) is 3.87. The molecular weight excluding hydrogens is 308 g/mol. The van der Waals surface area contributed by atoms with E-state index in [1.54, 1.807) is 0 Å². The van der Waals surface area contributed by atoms with Crippen molar-refractivity contribution in [3.63, 3.8) is 0 Å². The fourth-order valence-electron chi connectivity index (χ4n) is 4.31. The quantitative estimate of drug-likeness (QED) is 0.813. The van der Waals surface area contributed by atoms with Crippen molar-refractivity contribution in [2.45, 2.75) is 31.8 Å². The molecule has 3 unspecified atom stereocenters. The monoisotopic (exact) mass is 332 g/mol. The summed E-state index contributed by atoms with van der Waals surface area (Å²) in [6.07, 6.45) is 4.81. The fraction of sp³-hybridized carbons (Fsp3) is 0.409. The number of aromatic nitrogens is 1. The topological polar surface area (TPSA) is 36.4 Å². The van der Waals surface area contributed by atoms with Crippen LogP contribution in [-0.2, 0) is 0 Å². The van der Waals surface area contributed by atoms with Crippen molar-refractivity contribution in [2.24, 2.45) is 11.8 Å². The van der Waals surface area contributed by atoms with Gasteiger partial charge in [-0.15, -0.1) is 0 Å². The molecule has 2 fully saturated rings. The molecule has 25 heavy (non-hydrogen) atoms. The van der Waals surface area contributed by atoms with Crippen molar-refractivity contribution >= 4 is 5.82 Å². The van der Waals surface area contributed by atoms with Crippen LogP contribution in [0, 0.1) is 30.6 Å². The zero-order valence-electron chi connectivity index (χ0n) is 14.7. The second kappa shape index (κ2) is 6.54. The second-order valence-electron chi connectivity index (χ2n) is 7.40. The van der Waals surface area contributed by atoms with Crippen molar-refractivity contribution < 1.29 is 5.11 Å². The van der Waals surface area contributed by atoms with Crippen LogP contribution < -0.4 is 4.90 Å². The molecule has 0 bridgehead atoms. The van der Waals surface area contributed by atoms with E-state index < -0.39 is 5.60 Å². The van der Waals surface area contributed by atoms with Gasteiger partial charge in [0.2, 0.25) is 0 Å². The Labute approximate surface area is 149 Å². The number of fused-ring (bicyclic) bond motifs is 1. The Balaban J connectivity index is 1.58. The maximum atomic E-state index is 11.3. The molecule has 1 aliphatic heterocycles. The third-order valence-corrected chi connectivity index (χ3v) is 5.60. The van der Waals surface area contributed by atoms with Gasteiger partial charge >= 0.3 is 0 Å². The molecule has 3 atom stereocenters. The number of aliphatic hydroxyl groups is 1. The minimum atomic E-state index is -0.893. The minimum Gasteiger partial charge on any atom is -0.377 e. The Hall–Kier alpha value is -2.31. The summed E-state index contributed by atoms with van der Waals surface area (Å²) >= 11 is 0. The van der Waals surface area contributed by atoms with Gasteiger partial charge in [-0.05, 0) is 61.9 Å². The highest BCUT2D eigenvalue weighted by Crippen LogP contribution is 2.43. The van der Waals surface area contributed by atoms with Crippen molar-refractivity contribution in [1.29, 1.82) is 0 Å². The summed E-state index contributed by atoms with van der Waals surface area (Å²) in [7, 11) is 0. The molecule has 128 valence electrons. The summed E-state index contributed by atoms with van der Waals surface area (Å²) in [5.41, 5.74) is 1.29. The van der Waals surface area contributed by atoms with E-state index in [2.05, 4.69) is 46.8 Å². The Morgan fingerprint density at radius 2 is 2.12 bits per heavy atom. The Kier molecular flexibility index (Phi) is 4.23. The van der Waals surface area contributed by atoms with Crippen molar-refractivity contribution in [3.05, 3.63) is 59.8 Å². The van der Waals surface area contributed by atoms with Gasteiger partial charge in [0, 0.05) is 30.8 Å². The summed E-state index contributed by atoms with van der Waals surface area (Å²) in [6, 6.07) is 14.2. The van der Waals surface area contributed by atoms with Crippen LogP contribution in [0.2, 0.25) is 0 Å². The lowest BCUT2D eigenvalue weighted by Gasteiger charge is -2.37. The van der Waals surface area contributed by atoms with E-state index in [1.165, 1.54) is 12.0 Å². The summed E-state index contributed by atoms with van der Waals surface area (Å²) in [5, 5.41) is 11.3. The SMILES string of the molecule is Cc1cccc(C#CC2(O)CCCC3CN(c4ccccn4)CC32)c1. The van der Waals surface area contributed by atoms with Crippen LogP contribution in [0.3, 0.4) is 0 Å². The molecule has 2 heterocycles. The van der Waals surface area contributed by atoms with Crippen LogP contribution in [0.1, 0.15) is 30.4 Å². The van der Waals surface area contributed by atoms with Crippen LogP contribution in [0.25, 0.3) is 0 Å². The molecule has 4 rings (SSSR count). The summed E-state index contributed by atoms with van der Waals surface area (Å²) < 4.78 is 0. The van der Waals surface area contributed by atoms with E-state index in [-0.39, 0.29) is 5.92 Å². The number of nitrogens with zero attached hydrogens (tertiary/aromatic N) is 2. The highest BCUT2D eigenvalue weighted by molar-refractivity contribution is 5.43. The third kappa shape index (κ3) is 3.27. The molecule has 3 heteroatoms. The first-order valence-electron chi connectivity index (χ1n) is 9.12. The smallest absolute Gasteiger partial charge is 0.130 e. The molecule has 0 radical (unpaired) electrons. The number of pyridine rings is 1. The molecule has 0 spiro atoms. The van der Waals surface area contributed by atoms with E-state index in [4.69, 9.17) is 0 Å². The molecule has 1 aliphatic carbocycles. The van der Waals surface area contributed by atoms with Gasteiger partial charge in [0.25, 0.3) is 0 Å². The van der Waals surface area contributed by atoms with E-state index in [0.717, 1.165) is 37.3 Å². The maximum absolute atomic E-state index is 11.3. The summed E-state index contributed by atoms with van der Waals surface area (Å²) in [5.74, 6) is 8.17. The van der Waals surface area contributed by atoms with Crippen molar-refractivity contribution in [2.75, 3.05) is 18.0 Å². The highest BCUT2D eigenvalue weighted by atomic mass is 16.3. The molecule has 1 saturated carbocycles. The summed E-state index contributed by atoms with van der Waals surface area (Å²) in [4.78, 5) is 6.78. The van der Waals surface area contributed by atoms with Crippen LogP contribution in [0.4, 0.5) is 5.82 Å². The first-order valence-corrected chi connectivity index (χ1v) is 9.12. The number of hydrogen-bond donors (Lipinski definition) is 1. The fourth-order valence-corrected chi connectivity index (χ4v) is 4.31. The predicted octanol–water partition coefficient (Wildman–Crippen LogP) is 3.41. The van der Waals surface area contributed by atoms with Gasteiger partial charge < -0.3 is 10.0 Å². The molecule has 1 aromatic heterocycles. The van der Waals surface area contributed by atoms with Gasteiger partial charge in [0.1, 0.15) is 11.4 Å². The van der Waals surface area contributed by atoms with E-state index in [9.17, 15) is 5.11 Å². The van der Waals surface area contributed by atoms with Crippen molar-refractivity contribution in [1.82, 2.24) is 4.98 Å². The number of anilines is 1. The average Bonchev–Trinajstić information content (AvgIpc) is 3.07. The molecule has 1 N–H and O–H groups in total. The van der Waals surface area contributed by atoms with E-state index >= 15 is 0 Å². The lowest BCUT2D eigenvalue weighted by Crippen LogP contribution is -2.44. The molecule has 1 aromatic carbocycles. The third-order valence-electron chi connectivity index (χ3n) is 5.60. The number of benzene rings is 1. The maximum Gasteiger partial charge on any atom is 0.130 e. The lowest BCUT2D eigenvalue weighted by atomic mass is 9.71. The van der Waals surface area contributed by atoms with Gasteiger partial charge in [-0.3, -0.25) is 0 Å². The standard InChI is InChI=1S/C22H24N2O/c1-17-6-4-7-18(14-17)10-12-22(25)11-5-8-19-15-24(16-20(19)22)21-9-2-3-13-23-21/h2-4,6-7,9,13-14,19-20,25H,5,8,11,15-16H2,1H3. The lowest BCUT2D eigenvalue weighted by molar-refractivity contribution is -0.00635. The Morgan fingerprint density at radius 1 is 1.20 bits per heavy atom. The van der Waals surface area contributed by atoms with Crippen LogP contribution in [0.15, 0.2) is 48.7 Å². The largest absolute Gasteiger partial charge is 0.377 e. The first kappa shape index (κ1) is 16.2. The van der Waals surface area contributed by atoms with Gasteiger partial charge in [0.15, 0.2) is 0 Å². The molecule has 1 saturated heterocycles. The van der Waals surface area contributed by atoms with Crippen molar-refractivity contribution in [3.8, 4) is 11.8 Å². The second-order valence-corrected chi connectivity index (χ2v) is 7.40. The molecule has 3 nitrogen and oxygen atoms in total. The molecule has 2 aromatic rings. The first-order chi connectivity index (χ1) is 12.1. The van der Waals surface area contributed by atoms with Gasteiger partial charge in [0.05, 0.1) is 0 Å². The Morgan fingerprint density at radius 3 is 2.92 bits per heavy atom. The highest BCUT2D eigenvalue weighted by Gasteiger charge is 2.48. The predicted molar refractivity (Wildman–Crippen MR) is 100 cm³/mol. The molecule has 0 amide bonds. The van der Waals surface area contributed by atoms with Gasteiger partial charge in [-0.25, -0.2) is 4.98 Å². The zero-order valence-corrected chi connectivity index (χ0v) is 14.7. The zero-order chi connectivity index (χ0) is 17.3. The van der Waals surface area contributed by atoms with E-state index in [1.807, 2.05) is 30.5 Å². The van der Waals surface area contributed by atoms with Gasteiger partial charge in [-0.2, -0.15) is 0 Å². The van der Waals surface area contributed by atoms with Gasteiger partial charge in [-0.1, -0.05) is 30.0 Å².